The third-order valence-electron chi connectivity index (χ3n) is 5.57. The largest absolute Gasteiger partial charge is 0.497 e. The lowest BCUT2D eigenvalue weighted by Gasteiger charge is -2.26. The van der Waals surface area contributed by atoms with Crippen LogP contribution in [0.1, 0.15) is 29.8 Å². The Balaban J connectivity index is 1.67. The third kappa shape index (κ3) is 6.34. The molecule has 184 valence electrons. The zero-order valence-corrected chi connectivity index (χ0v) is 20.4. The fourth-order valence-corrected chi connectivity index (χ4v) is 4.99. The van der Waals surface area contributed by atoms with Gasteiger partial charge in [-0.1, -0.05) is 32.0 Å². The molecule has 34 heavy (non-hydrogen) atoms. The van der Waals surface area contributed by atoms with Crippen molar-refractivity contribution in [3.8, 4) is 5.75 Å². The van der Waals surface area contributed by atoms with Crippen LogP contribution in [0.5, 0.6) is 5.75 Å². The van der Waals surface area contributed by atoms with E-state index in [1.165, 1.54) is 28.6 Å². The van der Waals surface area contributed by atoms with Gasteiger partial charge >= 0.3 is 0 Å². The van der Waals surface area contributed by atoms with Gasteiger partial charge in [-0.3, -0.25) is 9.59 Å². The molecule has 1 aliphatic heterocycles. The molecule has 3 rings (SSSR count). The number of sulfonamides is 1. The van der Waals surface area contributed by atoms with Gasteiger partial charge in [-0.15, -0.1) is 0 Å². The summed E-state index contributed by atoms with van der Waals surface area (Å²) in [5.41, 5.74) is 1.06. The lowest BCUT2D eigenvalue weighted by atomic mass is 10.0. The van der Waals surface area contributed by atoms with E-state index in [4.69, 9.17) is 9.47 Å². The van der Waals surface area contributed by atoms with E-state index in [2.05, 4.69) is 10.6 Å². The summed E-state index contributed by atoms with van der Waals surface area (Å²) < 4.78 is 37.6. The maximum Gasteiger partial charge on any atom is 0.251 e. The molecule has 1 heterocycles. The van der Waals surface area contributed by atoms with Crippen molar-refractivity contribution in [2.24, 2.45) is 5.92 Å². The number of carbonyl (C=O) groups is 2. The molecule has 0 radical (unpaired) electrons. The molecule has 2 aromatic carbocycles. The van der Waals surface area contributed by atoms with Crippen LogP contribution in [-0.2, 0) is 26.1 Å². The highest BCUT2D eigenvalue weighted by atomic mass is 32.2. The minimum Gasteiger partial charge on any atom is -0.497 e. The van der Waals surface area contributed by atoms with Crippen molar-refractivity contribution in [3.63, 3.8) is 0 Å². The van der Waals surface area contributed by atoms with Gasteiger partial charge in [0, 0.05) is 25.2 Å². The second kappa shape index (κ2) is 11.5. The van der Waals surface area contributed by atoms with Gasteiger partial charge in [-0.25, -0.2) is 8.42 Å². The summed E-state index contributed by atoms with van der Waals surface area (Å²) in [6.07, 6.45) is 0. The molecule has 0 spiro atoms. The first-order valence-corrected chi connectivity index (χ1v) is 12.6. The lowest BCUT2D eigenvalue weighted by molar-refractivity contribution is -0.124. The number of carbonyl (C=O) groups excluding carboxylic acids is 2. The summed E-state index contributed by atoms with van der Waals surface area (Å²) in [6, 6.07) is 12.4. The highest BCUT2D eigenvalue weighted by Gasteiger charge is 2.28. The molecular formula is C24H31N3O6S. The standard InChI is InChI=1S/C24H31N3O6S/c1-17(2)22(24(29)25-16-18-7-9-20(32-3)10-8-18)26-23(28)19-5-4-6-21(15-19)34(30,31)27-11-13-33-14-12-27/h4-10,15,17,22H,11-14,16H2,1-3H3,(H,25,29)(H,26,28)/t22-/m0/s1. The van der Waals surface area contributed by atoms with Gasteiger partial charge in [0.1, 0.15) is 11.8 Å². The topological polar surface area (TPSA) is 114 Å². The third-order valence-corrected chi connectivity index (χ3v) is 7.46. The van der Waals surface area contributed by atoms with Crippen molar-refractivity contribution in [1.29, 1.82) is 0 Å². The molecule has 1 atom stereocenters. The van der Waals surface area contributed by atoms with E-state index in [0.29, 0.717) is 19.8 Å². The van der Waals surface area contributed by atoms with E-state index in [1.807, 2.05) is 26.0 Å². The average molecular weight is 490 g/mol. The Hall–Kier alpha value is -2.95. The Bertz CT molecular complexity index is 1100. The van der Waals surface area contributed by atoms with Gasteiger partial charge in [0.2, 0.25) is 15.9 Å². The van der Waals surface area contributed by atoms with Crippen molar-refractivity contribution in [1.82, 2.24) is 14.9 Å². The van der Waals surface area contributed by atoms with E-state index in [0.717, 1.165) is 11.3 Å². The molecule has 9 nitrogen and oxygen atoms in total. The first-order chi connectivity index (χ1) is 16.2. The smallest absolute Gasteiger partial charge is 0.251 e. The van der Waals surface area contributed by atoms with Crippen LogP contribution in [0.4, 0.5) is 0 Å². The molecule has 0 aliphatic carbocycles. The normalized spacial score (nSPS) is 15.5. The molecule has 0 saturated carbocycles. The fraction of sp³-hybridized carbons (Fsp3) is 0.417. The van der Waals surface area contributed by atoms with Crippen LogP contribution in [0.15, 0.2) is 53.4 Å². The van der Waals surface area contributed by atoms with Crippen LogP contribution in [0.3, 0.4) is 0 Å². The van der Waals surface area contributed by atoms with Crippen LogP contribution in [0.25, 0.3) is 0 Å². The molecule has 10 heteroatoms. The average Bonchev–Trinajstić information content (AvgIpc) is 2.86. The first kappa shape index (κ1) is 25.7. The Morgan fingerprint density at radius 2 is 1.76 bits per heavy atom. The monoisotopic (exact) mass is 489 g/mol. The fourth-order valence-electron chi connectivity index (χ4n) is 3.54. The van der Waals surface area contributed by atoms with Crippen LogP contribution in [-0.4, -0.2) is 64.0 Å². The Morgan fingerprint density at radius 1 is 1.09 bits per heavy atom. The summed E-state index contributed by atoms with van der Waals surface area (Å²) in [5.74, 6) is -0.297. The van der Waals surface area contributed by atoms with E-state index in [9.17, 15) is 18.0 Å². The molecule has 1 fully saturated rings. The number of amides is 2. The predicted octanol–water partition coefficient (Wildman–Crippen LogP) is 1.79. The minimum absolute atomic E-state index is 0.0344. The second-order valence-electron chi connectivity index (χ2n) is 8.31. The maximum absolute atomic E-state index is 12.9. The molecule has 2 aromatic rings. The number of hydrogen-bond donors (Lipinski definition) is 2. The number of benzene rings is 2. The van der Waals surface area contributed by atoms with Crippen LogP contribution < -0.4 is 15.4 Å². The van der Waals surface area contributed by atoms with Gasteiger partial charge in [-0.2, -0.15) is 4.31 Å². The number of rotatable bonds is 9. The number of nitrogens with zero attached hydrogens (tertiary/aromatic N) is 1. The summed E-state index contributed by atoms with van der Waals surface area (Å²) in [7, 11) is -2.15. The van der Waals surface area contributed by atoms with Gasteiger partial charge in [0.25, 0.3) is 5.91 Å². The number of nitrogens with one attached hydrogen (secondary N) is 2. The van der Waals surface area contributed by atoms with Gasteiger partial charge in [-0.05, 0) is 41.8 Å². The Labute approximate surface area is 200 Å². The molecule has 2 amide bonds. The summed E-state index contributed by atoms with van der Waals surface area (Å²) >= 11 is 0. The minimum atomic E-state index is -3.74. The summed E-state index contributed by atoms with van der Waals surface area (Å²) in [6.45, 7) is 5.16. The quantitative estimate of drug-likeness (QED) is 0.555. The number of hydrogen-bond acceptors (Lipinski definition) is 6. The van der Waals surface area contributed by atoms with Crippen molar-refractivity contribution in [2.45, 2.75) is 31.3 Å². The zero-order chi connectivity index (χ0) is 24.7. The van der Waals surface area contributed by atoms with E-state index >= 15 is 0 Å². The van der Waals surface area contributed by atoms with Gasteiger partial charge < -0.3 is 20.1 Å². The molecule has 0 bridgehead atoms. The SMILES string of the molecule is COc1ccc(CNC(=O)[C@@H](NC(=O)c2cccc(S(=O)(=O)N3CCOCC3)c2)C(C)C)cc1. The number of morpholine rings is 1. The van der Waals surface area contributed by atoms with Crippen LogP contribution in [0, 0.1) is 5.92 Å². The zero-order valence-electron chi connectivity index (χ0n) is 19.6. The van der Waals surface area contributed by atoms with Crippen molar-refractivity contribution in [3.05, 3.63) is 59.7 Å². The van der Waals surface area contributed by atoms with Gasteiger partial charge in [0.15, 0.2) is 0 Å². The van der Waals surface area contributed by atoms with Crippen LogP contribution in [0.2, 0.25) is 0 Å². The van der Waals surface area contributed by atoms with Crippen molar-refractivity contribution in [2.75, 3.05) is 33.4 Å². The highest BCUT2D eigenvalue weighted by molar-refractivity contribution is 7.89. The number of methoxy groups -OCH3 is 1. The van der Waals surface area contributed by atoms with E-state index < -0.39 is 22.0 Å². The Morgan fingerprint density at radius 3 is 2.38 bits per heavy atom. The number of ether oxygens (including phenoxy) is 2. The maximum atomic E-state index is 12.9. The van der Waals surface area contributed by atoms with Gasteiger partial charge in [0.05, 0.1) is 25.2 Å². The Kier molecular flexibility index (Phi) is 8.65. The van der Waals surface area contributed by atoms with E-state index in [1.54, 1.807) is 19.2 Å². The van der Waals surface area contributed by atoms with Crippen molar-refractivity contribution >= 4 is 21.8 Å². The van der Waals surface area contributed by atoms with Crippen LogP contribution >= 0.6 is 0 Å². The van der Waals surface area contributed by atoms with Crippen molar-refractivity contribution < 1.29 is 27.5 Å². The van der Waals surface area contributed by atoms with E-state index in [-0.39, 0.29) is 35.4 Å². The summed E-state index contributed by atoms with van der Waals surface area (Å²) in [5, 5.41) is 5.59. The summed E-state index contributed by atoms with van der Waals surface area (Å²) in [4.78, 5) is 25.8. The molecule has 0 unspecified atom stereocenters. The molecule has 1 aliphatic rings. The molecule has 2 N–H and O–H groups in total. The second-order valence-corrected chi connectivity index (χ2v) is 10.2. The molecule has 1 saturated heterocycles. The predicted molar refractivity (Wildman–Crippen MR) is 127 cm³/mol. The molecule has 0 aromatic heterocycles. The first-order valence-electron chi connectivity index (χ1n) is 11.1. The highest BCUT2D eigenvalue weighted by Crippen LogP contribution is 2.19. The lowest BCUT2D eigenvalue weighted by Crippen LogP contribution is -2.49. The molecular weight excluding hydrogens is 458 g/mol.